The Morgan fingerprint density at radius 2 is 2.18 bits per heavy atom. The third-order valence-electron chi connectivity index (χ3n) is 5.34. The van der Waals surface area contributed by atoms with E-state index in [4.69, 9.17) is 14.2 Å². The lowest BCUT2D eigenvalue weighted by molar-refractivity contribution is -0.146. The molecule has 3 aliphatic rings. The number of fused-ring (bicyclic) bond motifs is 3. The fourth-order valence-corrected chi connectivity index (χ4v) is 3.78. The zero-order valence-electron chi connectivity index (χ0n) is 13.6. The van der Waals surface area contributed by atoms with Crippen molar-refractivity contribution < 1.29 is 23.8 Å². The maximum atomic E-state index is 12.0. The van der Waals surface area contributed by atoms with Crippen LogP contribution in [0.2, 0.25) is 0 Å². The van der Waals surface area contributed by atoms with Crippen LogP contribution in [-0.2, 0) is 23.8 Å². The predicted octanol–water partition coefficient (Wildman–Crippen LogP) is 2.38. The second kappa shape index (κ2) is 5.37. The molecule has 1 aliphatic carbocycles. The van der Waals surface area contributed by atoms with Crippen molar-refractivity contribution in [1.82, 2.24) is 0 Å². The molecule has 6 atom stereocenters. The summed E-state index contributed by atoms with van der Waals surface area (Å²) in [5, 5.41) is 0. The number of epoxide rings is 1. The molecule has 2 heterocycles. The fourth-order valence-electron chi connectivity index (χ4n) is 3.78. The maximum absolute atomic E-state index is 12.0. The van der Waals surface area contributed by atoms with Crippen LogP contribution in [0.4, 0.5) is 0 Å². The van der Waals surface area contributed by atoms with Crippen LogP contribution in [0, 0.1) is 11.8 Å². The average molecular weight is 308 g/mol. The summed E-state index contributed by atoms with van der Waals surface area (Å²) in [5.74, 6) is -0.638. The van der Waals surface area contributed by atoms with E-state index >= 15 is 0 Å². The smallest absolute Gasteiger partial charge is 0.309 e. The molecule has 5 heteroatoms. The van der Waals surface area contributed by atoms with E-state index in [-0.39, 0.29) is 47.7 Å². The van der Waals surface area contributed by atoms with E-state index in [2.05, 4.69) is 13.0 Å². The molecule has 0 N–H and O–H groups in total. The highest BCUT2D eigenvalue weighted by atomic mass is 16.6. The van der Waals surface area contributed by atoms with Crippen molar-refractivity contribution in [2.75, 3.05) is 0 Å². The monoisotopic (exact) mass is 308 g/mol. The van der Waals surface area contributed by atoms with Crippen LogP contribution in [0.5, 0.6) is 0 Å². The number of hydrogen-bond donors (Lipinski definition) is 0. The summed E-state index contributed by atoms with van der Waals surface area (Å²) in [5.41, 5.74) is 0.849. The van der Waals surface area contributed by atoms with Crippen molar-refractivity contribution in [2.24, 2.45) is 11.8 Å². The van der Waals surface area contributed by atoms with Gasteiger partial charge in [-0.15, -0.1) is 0 Å². The van der Waals surface area contributed by atoms with Gasteiger partial charge in [0.1, 0.15) is 18.3 Å². The average Bonchev–Trinajstić information content (AvgIpc) is 3.02. The third-order valence-corrected chi connectivity index (χ3v) is 5.34. The lowest BCUT2D eigenvalue weighted by Gasteiger charge is -2.26. The summed E-state index contributed by atoms with van der Waals surface area (Å²) in [6.07, 6.45) is 3.95. The molecule has 0 unspecified atom stereocenters. The van der Waals surface area contributed by atoms with E-state index < -0.39 is 0 Å². The van der Waals surface area contributed by atoms with Gasteiger partial charge in [-0.3, -0.25) is 9.59 Å². The zero-order chi connectivity index (χ0) is 16.1. The Morgan fingerprint density at radius 3 is 2.86 bits per heavy atom. The van der Waals surface area contributed by atoms with Gasteiger partial charge in [0.05, 0.1) is 11.5 Å². The molecule has 0 bridgehead atoms. The largest absolute Gasteiger partial charge is 0.459 e. The minimum Gasteiger partial charge on any atom is -0.459 e. The van der Waals surface area contributed by atoms with E-state index in [0.29, 0.717) is 6.42 Å². The van der Waals surface area contributed by atoms with Gasteiger partial charge < -0.3 is 14.2 Å². The van der Waals surface area contributed by atoms with Gasteiger partial charge >= 0.3 is 11.9 Å². The van der Waals surface area contributed by atoms with Crippen molar-refractivity contribution in [3.63, 3.8) is 0 Å². The van der Waals surface area contributed by atoms with E-state index in [1.807, 2.05) is 13.8 Å². The number of esters is 2. The minimum atomic E-state index is -0.295. The van der Waals surface area contributed by atoms with Gasteiger partial charge in [0, 0.05) is 12.8 Å². The van der Waals surface area contributed by atoms with Crippen LogP contribution in [0.25, 0.3) is 0 Å². The number of hydrogen-bond acceptors (Lipinski definition) is 5. The van der Waals surface area contributed by atoms with Crippen molar-refractivity contribution >= 4 is 11.9 Å². The van der Waals surface area contributed by atoms with E-state index in [1.54, 1.807) is 0 Å². The second-order valence-corrected chi connectivity index (χ2v) is 7.03. The van der Waals surface area contributed by atoms with Crippen LogP contribution >= 0.6 is 0 Å². The van der Waals surface area contributed by atoms with Crippen LogP contribution < -0.4 is 0 Å². The van der Waals surface area contributed by atoms with Crippen LogP contribution in [-0.4, -0.2) is 35.9 Å². The van der Waals surface area contributed by atoms with Crippen molar-refractivity contribution in [2.45, 2.75) is 70.9 Å². The number of ether oxygens (including phenoxy) is 3. The number of allylic oxidation sites excluding steroid dienone is 1. The lowest BCUT2D eigenvalue weighted by Crippen LogP contribution is -2.34. The number of rotatable bonds is 1. The standard InChI is InChI=1S/C17H24O5/c1-9-6-5-7-17(4)15(22-17)14-12(10(2)16(19)21-14)8-13(9)20-11(3)18/h6,10,12-15H,5,7-8H2,1-4H3/t10-,12+,13+,14+,15-,17+/m0/s1. The van der Waals surface area contributed by atoms with Gasteiger partial charge in [-0.1, -0.05) is 13.0 Å². The van der Waals surface area contributed by atoms with E-state index in [9.17, 15) is 9.59 Å². The second-order valence-electron chi connectivity index (χ2n) is 7.03. The molecular weight excluding hydrogens is 284 g/mol. The summed E-state index contributed by atoms with van der Waals surface area (Å²) in [7, 11) is 0. The minimum absolute atomic E-state index is 0.0186. The molecule has 0 aromatic carbocycles. The molecule has 2 aliphatic heterocycles. The topological polar surface area (TPSA) is 65.1 Å². The molecule has 0 aromatic rings. The van der Waals surface area contributed by atoms with Gasteiger partial charge in [0.2, 0.25) is 0 Å². The Balaban J connectivity index is 1.89. The first-order valence-electron chi connectivity index (χ1n) is 8.04. The lowest BCUT2D eigenvalue weighted by atomic mass is 9.80. The molecular formula is C17H24O5. The number of carbonyl (C=O) groups is 2. The quantitative estimate of drug-likeness (QED) is 0.423. The van der Waals surface area contributed by atoms with Gasteiger partial charge in [-0.05, 0) is 38.7 Å². The summed E-state index contributed by atoms with van der Waals surface area (Å²) in [6, 6.07) is 0. The predicted molar refractivity (Wildman–Crippen MR) is 79.0 cm³/mol. The highest BCUT2D eigenvalue weighted by molar-refractivity contribution is 5.75. The zero-order valence-corrected chi connectivity index (χ0v) is 13.6. The summed E-state index contributed by atoms with van der Waals surface area (Å²) < 4.78 is 17.0. The normalized spacial score (nSPS) is 44.3. The van der Waals surface area contributed by atoms with Gasteiger partial charge in [0.15, 0.2) is 0 Å². The number of carbonyl (C=O) groups excluding carboxylic acids is 2. The molecule has 122 valence electrons. The molecule has 0 aromatic heterocycles. The van der Waals surface area contributed by atoms with Crippen LogP contribution in [0.1, 0.15) is 47.0 Å². The molecule has 2 fully saturated rings. The van der Waals surface area contributed by atoms with Crippen LogP contribution in [0.3, 0.4) is 0 Å². The van der Waals surface area contributed by atoms with Crippen LogP contribution in [0.15, 0.2) is 11.6 Å². The molecule has 0 radical (unpaired) electrons. The Hall–Kier alpha value is -1.36. The van der Waals surface area contributed by atoms with E-state index in [0.717, 1.165) is 18.4 Å². The molecule has 0 spiro atoms. The van der Waals surface area contributed by atoms with E-state index in [1.165, 1.54) is 6.92 Å². The summed E-state index contributed by atoms with van der Waals surface area (Å²) >= 11 is 0. The Kier molecular flexibility index (Phi) is 3.79. The van der Waals surface area contributed by atoms with Gasteiger partial charge in [-0.2, -0.15) is 0 Å². The van der Waals surface area contributed by atoms with Crippen molar-refractivity contribution in [3.8, 4) is 0 Å². The Bertz CT molecular complexity index is 525. The van der Waals surface area contributed by atoms with Crippen molar-refractivity contribution in [1.29, 1.82) is 0 Å². The Morgan fingerprint density at radius 1 is 1.45 bits per heavy atom. The van der Waals surface area contributed by atoms with Gasteiger partial charge in [-0.25, -0.2) is 0 Å². The van der Waals surface area contributed by atoms with Crippen molar-refractivity contribution in [3.05, 3.63) is 11.6 Å². The SMILES string of the molecule is CC(=O)O[C@@H]1C[C@H]2[C@@H](OC(=O)[C@H]2C)[C@@H]2O[C@]2(C)CCC=C1C. The van der Waals surface area contributed by atoms with Gasteiger partial charge in [0.25, 0.3) is 0 Å². The highest BCUT2D eigenvalue weighted by Crippen LogP contribution is 2.50. The third kappa shape index (κ3) is 2.67. The molecule has 3 rings (SSSR count). The molecule has 0 amide bonds. The molecule has 22 heavy (non-hydrogen) atoms. The molecule has 5 nitrogen and oxygen atoms in total. The first kappa shape index (κ1) is 15.5. The Labute approximate surface area is 131 Å². The summed E-state index contributed by atoms with van der Waals surface area (Å²) in [6.45, 7) is 7.38. The summed E-state index contributed by atoms with van der Waals surface area (Å²) in [4.78, 5) is 23.4. The highest BCUT2D eigenvalue weighted by Gasteiger charge is 2.62. The molecule has 2 saturated heterocycles. The first-order valence-corrected chi connectivity index (χ1v) is 8.04. The fraction of sp³-hybridized carbons (Fsp3) is 0.765. The maximum Gasteiger partial charge on any atom is 0.309 e. The first-order chi connectivity index (χ1) is 10.3. The molecule has 0 saturated carbocycles.